The summed E-state index contributed by atoms with van der Waals surface area (Å²) in [6, 6.07) is 11.9. The van der Waals surface area contributed by atoms with Gasteiger partial charge in [0.15, 0.2) is 16.3 Å². The zero-order chi connectivity index (χ0) is 19.4. The van der Waals surface area contributed by atoms with Gasteiger partial charge in [-0.3, -0.25) is 0 Å². The van der Waals surface area contributed by atoms with E-state index < -0.39 is 0 Å². The van der Waals surface area contributed by atoms with Crippen LogP contribution in [-0.4, -0.2) is 30.5 Å². The van der Waals surface area contributed by atoms with E-state index in [1.807, 2.05) is 34.9 Å². The standard InChI is InChI=1S/C21H24N2O3S/c1-14-6-5-7-17(15(14)2)22-21-23(10-11-24)18(13-27-21)16-8-9-19(25-3)20(12-16)26-4/h5-9,12-13,24H,10-11H2,1-4H3. The van der Waals surface area contributed by atoms with Crippen LogP contribution in [0.5, 0.6) is 11.5 Å². The molecule has 0 amide bonds. The number of aromatic nitrogens is 1. The number of nitrogens with zero attached hydrogens (tertiary/aromatic N) is 2. The molecule has 3 aromatic rings. The second-order valence-corrected chi connectivity index (χ2v) is 7.02. The summed E-state index contributed by atoms with van der Waals surface area (Å²) in [4.78, 5) is 5.71. The van der Waals surface area contributed by atoms with E-state index >= 15 is 0 Å². The summed E-state index contributed by atoms with van der Waals surface area (Å²) in [5.41, 5.74) is 5.29. The molecule has 0 radical (unpaired) electrons. The van der Waals surface area contributed by atoms with Crippen molar-refractivity contribution in [3.05, 3.63) is 57.7 Å². The van der Waals surface area contributed by atoms with E-state index in [1.165, 1.54) is 5.56 Å². The molecule has 2 aromatic carbocycles. The van der Waals surface area contributed by atoms with Gasteiger partial charge in [0.05, 0.1) is 32.2 Å². The van der Waals surface area contributed by atoms with Gasteiger partial charge in [-0.1, -0.05) is 12.1 Å². The lowest BCUT2D eigenvalue weighted by atomic mass is 10.1. The first-order valence-electron chi connectivity index (χ1n) is 8.71. The summed E-state index contributed by atoms with van der Waals surface area (Å²) in [5, 5.41) is 11.6. The van der Waals surface area contributed by atoms with Crippen LogP contribution in [0.1, 0.15) is 11.1 Å². The summed E-state index contributed by atoms with van der Waals surface area (Å²) in [7, 11) is 3.24. The number of aliphatic hydroxyl groups excluding tert-OH is 1. The van der Waals surface area contributed by atoms with E-state index in [0.29, 0.717) is 18.0 Å². The van der Waals surface area contributed by atoms with E-state index in [2.05, 4.69) is 25.3 Å². The maximum Gasteiger partial charge on any atom is 0.190 e. The molecule has 0 fully saturated rings. The predicted molar refractivity (Wildman–Crippen MR) is 109 cm³/mol. The van der Waals surface area contributed by atoms with E-state index in [4.69, 9.17) is 14.5 Å². The summed E-state index contributed by atoms with van der Waals surface area (Å²) >= 11 is 1.56. The minimum absolute atomic E-state index is 0.0387. The van der Waals surface area contributed by atoms with Crippen LogP contribution in [0, 0.1) is 13.8 Å². The smallest absolute Gasteiger partial charge is 0.190 e. The second-order valence-electron chi connectivity index (χ2n) is 6.18. The number of thiazole rings is 1. The lowest BCUT2D eigenvalue weighted by molar-refractivity contribution is 0.275. The molecule has 1 aromatic heterocycles. The SMILES string of the molecule is COc1ccc(-c2csc(=Nc3cccc(C)c3C)n2CCO)cc1OC. The lowest BCUT2D eigenvalue weighted by Crippen LogP contribution is -2.18. The number of hydrogen-bond donors (Lipinski definition) is 1. The first-order chi connectivity index (χ1) is 13.1. The fourth-order valence-electron chi connectivity index (χ4n) is 2.92. The van der Waals surface area contributed by atoms with Gasteiger partial charge in [0.2, 0.25) is 0 Å². The number of ether oxygens (including phenoxy) is 2. The molecule has 0 spiro atoms. The van der Waals surface area contributed by atoms with Crippen molar-refractivity contribution >= 4 is 17.0 Å². The van der Waals surface area contributed by atoms with Crippen molar-refractivity contribution < 1.29 is 14.6 Å². The zero-order valence-electron chi connectivity index (χ0n) is 16.0. The molecule has 0 aliphatic heterocycles. The molecule has 3 rings (SSSR count). The van der Waals surface area contributed by atoms with Crippen molar-refractivity contribution in [1.29, 1.82) is 0 Å². The third-order valence-corrected chi connectivity index (χ3v) is 5.46. The fraction of sp³-hybridized carbons (Fsp3) is 0.286. The number of hydrogen-bond acceptors (Lipinski definition) is 5. The topological polar surface area (TPSA) is 56.0 Å². The molecule has 0 aliphatic carbocycles. The van der Waals surface area contributed by atoms with Gasteiger partial charge in [-0.25, -0.2) is 4.99 Å². The summed E-state index contributed by atoms with van der Waals surface area (Å²) in [6.45, 7) is 4.67. The average molecular weight is 385 g/mol. The number of methoxy groups -OCH3 is 2. The number of rotatable bonds is 6. The van der Waals surface area contributed by atoms with Gasteiger partial charge in [-0.2, -0.15) is 0 Å². The molecule has 5 nitrogen and oxygen atoms in total. The van der Waals surface area contributed by atoms with Crippen LogP contribution in [0.3, 0.4) is 0 Å². The number of benzene rings is 2. The Hall–Kier alpha value is -2.57. The van der Waals surface area contributed by atoms with Gasteiger partial charge in [0.25, 0.3) is 0 Å². The lowest BCUT2D eigenvalue weighted by Gasteiger charge is -2.11. The van der Waals surface area contributed by atoms with Gasteiger partial charge in [0.1, 0.15) is 0 Å². The molecule has 0 unspecified atom stereocenters. The molecule has 0 aliphatic rings. The summed E-state index contributed by atoms with van der Waals surface area (Å²) in [6.07, 6.45) is 0. The van der Waals surface area contributed by atoms with Crippen LogP contribution in [0.2, 0.25) is 0 Å². The Bertz CT molecular complexity index is 1000. The Morgan fingerprint density at radius 2 is 1.85 bits per heavy atom. The van der Waals surface area contributed by atoms with Crippen LogP contribution < -0.4 is 14.3 Å². The van der Waals surface area contributed by atoms with Gasteiger partial charge in [0, 0.05) is 17.5 Å². The predicted octanol–water partition coefficient (Wildman–Crippen LogP) is 4.08. The summed E-state index contributed by atoms with van der Waals surface area (Å²) < 4.78 is 12.8. The minimum atomic E-state index is 0.0387. The molecular weight excluding hydrogens is 360 g/mol. The highest BCUT2D eigenvalue weighted by Gasteiger charge is 2.12. The van der Waals surface area contributed by atoms with E-state index in [1.54, 1.807) is 25.6 Å². The highest BCUT2D eigenvalue weighted by atomic mass is 32.1. The third-order valence-electron chi connectivity index (χ3n) is 4.59. The molecule has 0 saturated carbocycles. The third kappa shape index (κ3) is 3.91. The van der Waals surface area contributed by atoms with Crippen LogP contribution in [0.15, 0.2) is 46.8 Å². The highest BCUT2D eigenvalue weighted by molar-refractivity contribution is 7.07. The van der Waals surface area contributed by atoms with Crippen molar-refractivity contribution in [3.63, 3.8) is 0 Å². The monoisotopic (exact) mass is 384 g/mol. The van der Waals surface area contributed by atoms with Crippen LogP contribution in [-0.2, 0) is 6.54 Å². The average Bonchev–Trinajstić information content (AvgIpc) is 3.07. The molecule has 1 N–H and O–H groups in total. The quantitative estimate of drug-likeness (QED) is 0.697. The largest absolute Gasteiger partial charge is 0.493 e. The zero-order valence-corrected chi connectivity index (χ0v) is 16.8. The van der Waals surface area contributed by atoms with E-state index in [9.17, 15) is 5.11 Å². The molecule has 27 heavy (non-hydrogen) atoms. The van der Waals surface area contributed by atoms with Crippen molar-refractivity contribution in [2.24, 2.45) is 4.99 Å². The van der Waals surface area contributed by atoms with Crippen LogP contribution in [0.4, 0.5) is 5.69 Å². The van der Waals surface area contributed by atoms with Crippen molar-refractivity contribution in [2.45, 2.75) is 20.4 Å². The number of aliphatic hydroxyl groups is 1. The first-order valence-corrected chi connectivity index (χ1v) is 9.59. The minimum Gasteiger partial charge on any atom is -0.493 e. The first kappa shape index (κ1) is 19.2. The Kier molecular flexibility index (Phi) is 5.98. The second kappa shape index (κ2) is 8.41. The molecule has 142 valence electrons. The Morgan fingerprint density at radius 3 is 2.56 bits per heavy atom. The van der Waals surface area contributed by atoms with Crippen molar-refractivity contribution in [2.75, 3.05) is 20.8 Å². The van der Waals surface area contributed by atoms with Gasteiger partial charge < -0.3 is 19.1 Å². The molecule has 0 atom stereocenters. The van der Waals surface area contributed by atoms with Gasteiger partial charge in [-0.05, 0) is 49.2 Å². The maximum absolute atomic E-state index is 9.58. The molecular formula is C21H24N2O3S. The maximum atomic E-state index is 9.58. The molecule has 1 heterocycles. The molecule has 6 heteroatoms. The Labute approximate surface area is 163 Å². The van der Waals surface area contributed by atoms with Gasteiger partial charge in [-0.15, -0.1) is 11.3 Å². The fourth-order valence-corrected chi connectivity index (χ4v) is 3.87. The van der Waals surface area contributed by atoms with Crippen molar-refractivity contribution in [1.82, 2.24) is 4.57 Å². The van der Waals surface area contributed by atoms with Crippen LogP contribution >= 0.6 is 11.3 Å². The Morgan fingerprint density at radius 1 is 1.07 bits per heavy atom. The normalized spacial score (nSPS) is 11.7. The van der Waals surface area contributed by atoms with Crippen molar-refractivity contribution in [3.8, 4) is 22.8 Å². The molecule has 0 bridgehead atoms. The molecule has 0 saturated heterocycles. The number of aryl methyl sites for hydroxylation is 1. The van der Waals surface area contributed by atoms with Gasteiger partial charge >= 0.3 is 0 Å². The van der Waals surface area contributed by atoms with E-state index in [-0.39, 0.29) is 6.61 Å². The highest BCUT2D eigenvalue weighted by Crippen LogP contribution is 2.32. The Balaban J connectivity index is 2.14. The van der Waals surface area contributed by atoms with Crippen LogP contribution in [0.25, 0.3) is 11.3 Å². The summed E-state index contributed by atoms with van der Waals surface area (Å²) in [5.74, 6) is 1.36. The van der Waals surface area contributed by atoms with E-state index in [0.717, 1.165) is 27.3 Å².